The van der Waals surface area contributed by atoms with Gasteiger partial charge in [0.2, 0.25) is 17.7 Å². The fourth-order valence-electron chi connectivity index (χ4n) is 3.11. The van der Waals surface area contributed by atoms with E-state index in [2.05, 4.69) is 10.9 Å². The molecule has 2 aromatic carbocycles. The Morgan fingerprint density at radius 3 is 2.39 bits per heavy atom. The van der Waals surface area contributed by atoms with E-state index in [1.807, 2.05) is 30.3 Å². The molecule has 0 fully saturated rings. The zero-order valence-corrected chi connectivity index (χ0v) is 15.3. The van der Waals surface area contributed by atoms with Crippen molar-refractivity contribution in [2.75, 3.05) is 0 Å². The summed E-state index contributed by atoms with van der Waals surface area (Å²) < 4.78 is 12.9. The van der Waals surface area contributed by atoms with E-state index in [9.17, 15) is 18.8 Å². The van der Waals surface area contributed by atoms with E-state index in [4.69, 9.17) is 0 Å². The summed E-state index contributed by atoms with van der Waals surface area (Å²) in [5, 5.41) is 0. The van der Waals surface area contributed by atoms with Crippen LogP contribution in [0.2, 0.25) is 0 Å². The molecule has 0 bridgehead atoms. The fraction of sp³-hybridized carbons (Fsp3) is 0.190. The lowest BCUT2D eigenvalue weighted by atomic mass is 9.93. The molecule has 2 aromatic rings. The largest absolute Gasteiger partial charge is 0.311 e. The molecule has 0 saturated heterocycles. The maximum Gasteiger partial charge on any atom is 0.242 e. The molecule has 0 aliphatic carbocycles. The Morgan fingerprint density at radius 2 is 1.68 bits per heavy atom. The quantitative estimate of drug-likeness (QED) is 0.799. The van der Waals surface area contributed by atoms with Gasteiger partial charge in [0.05, 0.1) is 18.9 Å². The number of carbonyl (C=O) groups excluding carboxylic acids is 3. The first kappa shape index (κ1) is 19.3. The Labute approximate surface area is 162 Å². The second-order valence-electron chi connectivity index (χ2n) is 6.49. The van der Waals surface area contributed by atoms with Crippen LogP contribution in [0.5, 0.6) is 0 Å². The van der Waals surface area contributed by atoms with Gasteiger partial charge in [0, 0.05) is 13.1 Å². The second kappa shape index (κ2) is 8.47. The normalized spacial score (nSPS) is 14.9. The minimum Gasteiger partial charge on any atom is -0.311 e. The smallest absolute Gasteiger partial charge is 0.242 e. The molecule has 6 nitrogen and oxygen atoms in total. The molecule has 144 valence electrons. The highest BCUT2D eigenvalue weighted by Crippen LogP contribution is 2.32. The van der Waals surface area contributed by atoms with E-state index in [1.165, 1.54) is 36.1 Å². The summed E-state index contributed by atoms with van der Waals surface area (Å²) in [5.74, 6) is -1.40. The van der Waals surface area contributed by atoms with Gasteiger partial charge in [0.1, 0.15) is 5.82 Å². The predicted molar refractivity (Wildman–Crippen MR) is 102 cm³/mol. The van der Waals surface area contributed by atoms with E-state index in [0.29, 0.717) is 5.56 Å². The number of fused-ring (bicyclic) bond motifs is 1. The van der Waals surface area contributed by atoms with Crippen molar-refractivity contribution in [3.63, 3.8) is 0 Å². The van der Waals surface area contributed by atoms with Crippen molar-refractivity contribution in [2.45, 2.75) is 25.8 Å². The van der Waals surface area contributed by atoms with Crippen LogP contribution in [0, 0.1) is 5.82 Å². The molecule has 1 aliphatic rings. The number of amides is 3. The lowest BCUT2D eigenvalue weighted by molar-refractivity contribution is -0.132. The van der Waals surface area contributed by atoms with Gasteiger partial charge >= 0.3 is 0 Å². The van der Waals surface area contributed by atoms with Crippen LogP contribution in [-0.2, 0) is 20.8 Å². The molecule has 0 radical (unpaired) electrons. The third-order valence-corrected chi connectivity index (χ3v) is 4.47. The van der Waals surface area contributed by atoms with Crippen molar-refractivity contribution in [3.05, 3.63) is 77.2 Å². The summed E-state index contributed by atoms with van der Waals surface area (Å²) in [6.45, 7) is 1.44. The van der Waals surface area contributed by atoms with Gasteiger partial charge in [-0.25, -0.2) is 4.39 Å². The molecule has 7 heteroatoms. The fourth-order valence-corrected chi connectivity index (χ4v) is 3.11. The first-order valence-electron chi connectivity index (χ1n) is 8.82. The highest BCUT2D eigenvalue weighted by atomic mass is 19.1. The van der Waals surface area contributed by atoms with Gasteiger partial charge < -0.3 is 4.90 Å². The number of carbonyl (C=O) groups is 3. The molecule has 1 aliphatic heterocycles. The highest BCUT2D eigenvalue weighted by molar-refractivity contribution is 5.85. The standard InChI is InChI=1S/C21H20FN3O3/c1-14(26)25-11-10-16-4-2-3-5-18(16)19(25)13-21(28)24-23-20(27)12-15-6-8-17(22)9-7-15/h2-11,19H,12-13H2,1H3,(H,23,27)(H,24,28). The number of rotatable bonds is 4. The summed E-state index contributed by atoms with van der Waals surface area (Å²) in [4.78, 5) is 37.8. The first-order valence-corrected chi connectivity index (χ1v) is 8.82. The van der Waals surface area contributed by atoms with E-state index >= 15 is 0 Å². The van der Waals surface area contributed by atoms with E-state index in [0.717, 1.165) is 11.1 Å². The number of nitrogens with zero attached hydrogens (tertiary/aromatic N) is 1. The minimum absolute atomic E-state index is 0.00222. The average molecular weight is 381 g/mol. The Kier molecular flexibility index (Phi) is 5.84. The van der Waals surface area contributed by atoms with Crippen LogP contribution in [0.1, 0.15) is 36.1 Å². The topological polar surface area (TPSA) is 78.5 Å². The van der Waals surface area contributed by atoms with E-state index < -0.39 is 17.9 Å². The highest BCUT2D eigenvalue weighted by Gasteiger charge is 2.28. The molecule has 0 aromatic heterocycles. The van der Waals surface area contributed by atoms with Crippen molar-refractivity contribution in [3.8, 4) is 0 Å². The Hall–Kier alpha value is -3.48. The van der Waals surface area contributed by atoms with Crippen molar-refractivity contribution >= 4 is 23.8 Å². The van der Waals surface area contributed by atoms with Gasteiger partial charge in [-0.1, -0.05) is 36.4 Å². The van der Waals surface area contributed by atoms with Gasteiger partial charge in [0.25, 0.3) is 0 Å². The average Bonchev–Trinajstić information content (AvgIpc) is 2.68. The predicted octanol–water partition coefficient (Wildman–Crippen LogP) is 2.48. The van der Waals surface area contributed by atoms with Crippen molar-refractivity contribution in [1.29, 1.82) is 0 Å². The maximum absolute atomic E-state index is 12.9. The van der Waals surface area contributed by atoms with Crippen LogP contribution < -0.4 is 10.9 Å². The minimum atomic E-state index is -0.451. The molecule has 3 rings (SSSR count). The Morgan fingerprint density at radius 1 is 1.00 bits per heavy atom. The van der Waals surface area contributed by atoms with Crippen LogP contribution >= 0.6 is 0 Å². The monoisotopic (exact) mass is 381 g/mol. The molecule has 28 heavy (non-hydrogen) atoms. The van der Waals surface area contributed by atoms with Gasteiger partial charge in [-0.3, -0.25) is 25.2 Å². The van der Waals surface area contributed by atoms with Crippen LogP contribution in [-0.4, -0.2) is 22.6 Å². The summed E-state index contributed by atoms with van der Waals surface area (Å²) in [5.41, 5.74) is 7.16. The summed E-state index contributed by atoms with van der Waals surface area (Å²) in [6, 6.07) is 12.6. The SMILES string of the molecule is CC(=O)N1C=Cc2ccccc2C1CC(=O)NNC(=O)Cc1ccc(F)cc1. The summed E-state index contributed by atoms with van der Waals surface area (Å²) in [6.07, 6.45) is 3.50. The van der Waals surface area contributed by atoms with Gasteiger partial charge in [0.15, 0.2) is 0 Å². The second-order valence-corrected chi connectivity index (χ2v) is 6.49. The third-order valence-electron chi connectivity index (χ3n) is 4.47. The summed E-state index contributed by atoms with van der Waals surface area (Å²) >= 11 is 0. The van der Waals surface area contributed by atoms with Crippen molar-refractivity contribution in [2.24, 2.45) is 0 Å². The summed E-state index contributed by atoms with van der Waals surface area (Å²) in [7, 11) is 0. The number of hydrogen-bond acceptors (Lipinski definition) is 3. The number of halogens is 1. The lowest BCUT2D eigenvalue weighted by Crippen LogP contribution is -2.44. The molecule has 1 unspecified atom stereocenters. The zero-order chi connectivity index (χ0) is 20.1. The van der Waals surface area contributed by atoms with Gasteiger partial charge in [-0.05, 0) is 34.9 Å². The molecule has 1 heterocycles. The number of benzene rings is 2. The van der Waals surface area contributed by atoms with E-state index in [1.54, 1.807) is 6.20 Å². The van der Waals surface area contributed by atoms with Crippen molar-refractivity contribution < 1.29 is 18.8 Å². The molecular formula is C21H20FN3O3. The van der Waals surface area contributed by atoms with Crippen LogP contribution in [0.15, 0.2) is 54.7 Å². The molecule has 2 N–H and O–H groups in total. The number of nitrogens with one attached hydrogen (secondary N) is 2. The van der Waals surface area contributed by atoms with Crippen LogP contribution in [0.4, 0.5) is 4.39 Å². The van der Waals surface area contributed by atoms with E-state index in [-0.39, 0.29) is 24.6 Å². The molecule has 1 atom stereocenters. The maximum atomic E-state index is 12.9. The molecular weight excluding hydrogens is 361 g/mol. The zero-order valence-electron chi connectivity index (χ0n) is 15.3. The Balaban J connectivity index is 1.60. The first-order chi connectivity index (χ1) is 13.4. The lowest BCUT2D eigenvalue weighted by Gasteiger charge is -2.32. The molecule has 0 saturated carbocycles. The van der Waals surface area contributed by atoms with Gasteiger partial charge in [-0.15, -0.1) is 0 Å². The van der Waals surface area contributed by atoms with Crippen LogP contribution in [0.25, 0.3) is 6.08 Å². The van der Waals surface area contributed by atoms with Crippen molar-refractivity contribution in [1.82, 2.24) is 15.8 Å². The molecule has 3 amide bonds. The number of hydrazine groups is 1. The Bertz CT molecular complexity index is 925. The van der Waals surface area contributed by atoms with Crippen LogP contribution in [0.3, 0.4) is 0 Å². The molecule has 0 spiro atoms. The third kappa shape index (κ3) is 4.62. The number of hydrogen-bond donors (Lipinski definition) is 2. The van der Waals surface area contributed by atoms with Gasteiger partial charge in [-0.2, -0.15) is 0 Å².